The predicted molar refractivity (Wildman–Crippen MR) is 109 cm³/mol. The molecule has 0 unspecified atom stereocenters. The minimum Gasteiger partial charge on any atom is -0.492 e. The fraction of sp³-hybridized carbons (Fsp3) is 0.263. The van der Waals surface area contributed by atoms with Crippen molar-refractivity contribution in [1.29, 1.82) is 0 Å². The van der Waals surface area contributed by atoms with E-state index in [2.05, 4.69) is 5.10 Å². The van der Waals surface area contributed by atoms with E-state index < -0.39 is 10.0 Å². The molecule has 0 aliphatic rings. The third-order valence-electron chi connectivity index (χ3n) is 4.03. The Morgan fingerprint density at radius 2 is 1.79 bits per heavy atom. The van der Waals surface area contributed by atoms with Crippen molar-refractivity contribution in [2.24, 2.45) is 0 Å². The lowest BCUT2D eigenvalue weighted by Gasteiger charge is -2.12. The summed E-state index contributed by atoms with van der Waals surface area (Å²) in [5.74, 6) is 0.524. The van der Waals surface area contributed by atoms with Crippen LogP contribution in [0.3, 0.4) is 0 Å². The number of benzene rings is 1. The Balaban J connectivity index is 1.66. The number of hydrogen-bond acceptors (Lipinski definition) is 6. The molecule has 0 aliphatic carbocycles. The van der Waals surface area contributed by atoms with E-state index in [0.29, 0.717) is 5.75 Å². The van der Waals surface area contributed by atoms with Crippen LogP contribution in [0, 0.1) is 6.92 Å². The number of aromatic nitrogens is 2. The first kappa shape index (κ1) is 20.2. The molecule has 0 N–H and O–H groups in total. The zero-order chi connectivity index (χ0) is 20.3. The summed E-state index contributed by atoms with van der Waals surface area (Å²) in [6, 6.07) is 13.4. The Morgan fingerprint density at radius 3 is 2.39 bits per heavy atom. The van der Waals surface area contributed by atoms with Gasteiger partial charge in [-0.25, -0.2) is 17.4 Å². The summed E-state index contributed by atoms with van der Waals surface area (Å²) in [5, 5.41) is 4.40. The molecule has 1 aromatic carbocycles. The highest BCUT2D eigenvalue weighted by Gasteiger charge is 2.16. The molecule has 148 valence electrons. The van der Waals surface area contributed by atoms with Crippen molar-refractivity contribution >= 4 is 21.4 Å². The normalized spacial score (nSPS) is 11.7. The Hall–Kier alpha value is -2.49. The molecule has 0 aliphatic heterocycles. The summed E-state index contributed by atoms with van der Waals surface area (Å²) < 4.78 is 32.3. The Kier molecular flexibility index (Phi) is 5.97. The summed E-state index contributed by atoms with van der Waals surface area (Å²) in [4.78, 5) is 14.4. The molecule has 2 heterocycles. The van der Waals surface area contributed by atoms with Crippen LogP contribution in [0.4, 0.5) is 0 Å². The van der Waals surface area contributed by atoms with Gasteiger partial charge in [0.25, 0.3) is 5.56 Å². The van der Waals surface area contributed by atoms with Crippen molar-refractivity contribution in [3.63, 3.8) is 0 Å². The van der Waals surface area contributed by atoms with E-state index >= 15 is 0 Å². The third-order valence-corrected chi connectivity index (χ3v) is 6.89. The third kappa shape index (κ3) is 4.49. The number of rotatable bonds is 7. The van der Waals surface area contributed by atoms with E-state index in [4.69, 9.17) is 4.74 Å². The van der Waals surface area contributed by atoms with Crippen LogP contribution in [0.15, 0.2) is 58.2 Å². The van der Waals surface area contributed by atoms with Crippen molar-refractivity contribution in [3.05, 3.63) is 63.8 Å². The monoisotopic (exact) mass is 419 g/mol. The second-order valence-electron chi connectivity index (χ2n) is 6.30. The summed E-state index contributed by atoms with van der Waals surface area (Å²) in [5.41, 5.74) is 0.545. The maximum absolute atomic E-state index is 12.1. The minimum atomic E-state index is -3.47. The topological polar surface area (TPSA) is 81.5 Å². The molecule has 0 saturated carbocycles. The lowest BCUT2D eigenvalue weighted by Crippen LogP contribution is -2.25. The van der Waals surface area contributed by atoms with Crippen molar-refractivity contribution in [2.75, 3.05) is 20.7 Å². The zero-order valence-corrected chi connectivity index (χ0v) is 17.5. The molecular formula is C19H21N3O4S2. The average Bonchev–Trinajstić information content (AvgIpc) is 3.10. The van der Waals surface area contributed by atoms with Crippen molar-refractivity contribution < 1.29 is 13.2 Å². The first-order chi connectivity index (χ1) is 13.3. The Labute approximate surface area is 167 Å². The largest absolute Gasteiger partial charge is 0.492 e. The first-order valence-corrected chi connectivity index (χ1v) is 10.8. The van der Waals surface area contributed by atoms with Crippen LogP contribution in [0.5, 0.6) is 5.75 Å². The van der Waals surface area contributed by atoms with Crippen LogP contribution in [0.2, 0.25) is 0 Å². The first-order valence-electron chi connectivity index (χ1n) is 8.58. The smallest absolute Gasteiger partial charge is 0.266 e. The van der Waals surface area contributed by atoms with Gasteiger partial charge in [-0.05, 0) is 49.4 Å². The summed E-state index contributed by atoms with van der Waals surface area (Å²) >= 11 is 1.62. The maximum Gasteiger partial charge on any atom is 0.266 e. The molecule has 3 rings (SSSR count). The average molecular weight is 420 g/mol. The molecule has 28 heavy (non-hydrogen) atoms. The molecule has 7 nitrogen and oxygen atoms in total. The number of hydrogen-bond donors (Lipinski definition) is 0. The fourth-order valence-corrected chi connectivity index (χ4v) is 4.22. The van der Waals surface area contributed by atoms with Gasteiger partial charge in [0.05, 0.1) is 16.3 Å². The highest BCUT2D eigenvalue weighted by Crippen LogP contribution is 2.25. The van der Waals surface area contributed by atoms with Gasteiger partial charge in [0.1, 0.15) is 18.1 Å². The summed E-state index contributed by atoms with van der Waals surface area (Å²) in [6.45, 7) is 2.54. The van der Waals surface area contributed by atoms with Gasteiger partial charge in [0.15, 0.2) is 0 Å². The van der Waals surface area contributed by atoms with Crippen LogP contribution >= 0.6 is 11.3 Å². The molecule has 0 amide bonds. The molecule has 2 aromatic heterocycles. The van der Waals surface area contributed by atoms with Gasteiger partial charge in [0.2, 0.25) is 10.0 Å². The standard InChI is InChI=1S/C19H21N3O4S2/c1-14-4-10-18(27-14)17-9-11-19(23)22(20-17)12-13-26-15-5-7-16(8-6-15)28(24,25)21(2)3/h4-11H,12-13H2,1-3H3. The van der Waals surface area contributed by atoms with Gasteiger partial charge in [-0.1, -0.05) is 0 Å². The second-order valence-corrected chi connectivity index (χ2v) is 9.74. The van der Waals surface area contributed by atoms with E-state index in [0.717, 1.165) is 14.9 Å². The Bertz CT molecular complexity index is 1120. The van der Waals surface area contributed by atoms with Gasteiger partial charge in [-0.3, -0.25) is 4.79 Å². The quantitative estimate of drug-likeness (QED) is 0.588. The van der Waals surface area contributed by atoms with Crippen LogP contribution < -0.4 is 10.3 Å². The number of sulfonamides is 1. The number of thiophene rings is 1. The van der Waals surface area contributed by atoms with Crippen LogP contribution in [0.25, 0.3) is 10.6 Å². The molecule has 0 radical (unpaired) electrons. The highest BCUT2D eigenvalue weighted by molar-refractivity contribution is 7.89. The van der Waals surface area contributed by atoms with Crippen LogP contribution in [-0.4, -0.2) is 43.2 Å². The second kappa shape index (κ2) is 8.26. The molecule has 0 atom stereocenters. The predicted octanol–water partition coefficient (Wildman–Crippen LogP) is 2.61. The Morgan fingerprint density at radius 1 is 1.07 bits per heavy atom. The maximum atomic E-state index is 12.1. The van der Waals surface area contributed by atoms with Crippen molar-refractivity contribution in [1.82, 2.24) is 14.1 Å². The number of nitrogens with zero attached hydrogens (tertiary/aromatic N) is 3. The molecule has 0 saturated heterocycles. The van der Waals surface area contributed by atoms with E-state index in [-0.39, 0.29) is 23.6 Å². The molecule has 0 fully saturated rings. The van der Waals surface area contributed by atoms with Gasteiger partial charge in [-0.2, -0.15) is 5.10 Å². The fourth-order valence-electron chi connectivity index (χ4n) is 2.48. The van der Waals surface area contributed by atoms with E-state index in [1.54, 1.807) is 29.5 Å². The number of aryl methyl sites for hydroxylation is 1. The van der Waals surface area contributed by atoms with Gasteiger partial charge in [0, 0.05) is 25.0 Å². The minimum absolute atomic E-state index is 0.196. The van der Waals surface area contributed by atoms with E-state index in [1.165, 1.54) is 41.9 Å². The molecule has 0 bridgehead atoms. The molecule has 3 aromatic rings. The summed E-state index contributed by atoms with van der Waals surface area (Å²) in [7, 11) is -0.504. The molecule has 9 heteroatoms. The van der Waals surface area contributed by atoms with Gasteiger partial charge < -0.3 is 4.74 Å². The van der Waals surface area contributed by atoms with Gasteiger partial charge >= 0.3 is 0 Å². The lowest BCUT2D eigenvalue weighted by molar-refractivity contribution is 0.288. The van der Waals surface area contributed by atoms with Crippen LogP contribution in [-0.2, 0) is 16.6 Å². The molecule has 0 spiro atoms. The highest BCUT2D eigenvalue weighted by atomic mass is 32.2. The van der Waals surface area contributed by atoms with E-state index in [9.17, 15) is 13.2 Å². The zero-order valence-electron chi connectivity index (χ0n) is 15.8. The lowest BCUT2D eigenvalue weighted by atomic mass is 10.3. The van der Waals surface area contributed by atoms with Crippen molar-refractivity contribution in [2.45, 2.75) is 18.4 Å². The van der Waals surface area contributed by atoms with Gasteiger partial charge in [-0.15, -0.1) is 11.3 Å². The SMILES string of the molecule is Cc1ccc(-c2ccc(=O)n(CCOc3ccc(S(=O)(=O)N(C)C)cc3)n2)s1. The van der Waals surface area contributed by atoms with E-state index in [1.807, 2.05) is 19.1 Å². The summed E-state index contributed by atoms with van der Waals surface area (Å²) in [6.07, 6.45) is 0. The number of ether oxygens (including phenoxy) is 1. The molecular weight excluding hydrogens is 398 g/mol. The van der Waals surface area contributed by atoms with Crippen LogP contribution in [0.1, 0.15) is 4.88 Å². The van der Waals surface area contributed by atoms with Crippen molar-refractivity contribution in [3.8, 4) is 16.3 Å².